The van der Waals surface area contributed by atoms with Gasteiger partial charge in [0.1, 0.15) is 5.82 Å². The van der Waals surface area contributed by atoms with Crippen molar-refractivity contribution in [3.05, 3.63) is 23.8 Å². The van der Waals surface area contributed by atoms with Crippen LogP contribution < -0.4 is 5.73 Å². The maximum absolute atomic E-state index is 5.51. The van der Waals surface area contributed by atoms with E-state index in [4.69, 9.17) is 5.73 Å². The van der Waals surface area contributed by atoms with Gasteiger partial charge in [0.25, 0.3) is 0 Å². The minimum absolute atomic E-state index is 0.644. The minimum atomic E-state index is 0.644. The van der Waals surface area contributed by atoms with Gasteiger partial charge in [0.05, 0.1) is 0 Å². The number of hydrogen-bond acceptors (Lipinski definition) is 3. The summed E-state index contributed by atoms with van der Waals surface area (Å²) in [5.74, 6) is 3.55. The van der Waals surface area contributed by atoms with Crippen molar-refractivity contribution in [1.29, 1.82) is 0 Å². The molecule has 0 aromatic carbocycles. The van der Waals surface area contributed by atoms with Gasteiger partial charge in [-0.1, -0.05) is 6.42 Å². The highest BCUT2D eigenvalue weighted by Gasteiger charge is 2.41. The van der Waals surface area contributed by atoms with Crippen LogP contribution >= 0.6 is 0 Å². The third kappa shape index (κ3) is 1.73. The van der Waals surface area contributed by atoms with Crippen LogP contribution in [0.5, 0.6) is 0 Å². The third-order valence-corrected chi connectivity index (χ3v) is 4.23. The van der Waals surface area contributed by atoms with Gasteiger partial charge in [0, 0.05) is 18.3 Å². The Morgan fingerprint density at radius 2 is 2.00 bits per heavy atom. The lowest BCUT2D eigenvalue weighted by molar-refractivity contribution is 0.405. The molecule has 3 unspecified atom stereocenters. The van der Waals surface area contributed by atoms with E-state index >= 15 is 0 Å². The first-order valence-electron chi connectivity index (χ1n) is 6.37. The van der Waals surface area contributed by atoms with Gasteiger partial charge in [-0.15, -0.1) is 0 Å². The van der Waals surface area contributed by atoms with Crippen LogP contribution in [0.1, 0.15) is 43.0 Å². The number of rotatable bonds is 3. The summed E-state index contributed by atoms with van der Waals surface area (Å²) in [4.78, 5) is 9.06. The first-order chi connectivity index (χ1) is 7.86. The molecule has 2 fully saturated rings. The van der Waals surface area contributed by atoms with Gasteiger partial charge in [-0.25, -0.2) is 9.97 Å². The Bertz CT molecular complexity index is 360. The van der Waals surface area contributed by atoms with Crippen molar-refractivity contribution in [2.24, 2.45) is 17.6 Å². The number of aromatic nitrogens is 2. The lowest BCUT2D eigenvalue weighted by Crippen LogP contribution is -2.12. The van der Waals surface area contributed by atoms with Crippen LogP contribution in [0.25, 0.3) is 0 Å². The number of nitrogens with two attached hydrogens (primary N) is 1. The van der Waals surface area contributed by atoms with Gasteiger partial charge in [-0.2, -0.15) is 0 Å². The molecule has 0 aliphatic heterocycles. The summed E-state index contributed by atoms with van der Waals surface area (Å²) in [6.45, 7) is 0.677. The third-order valence-electron chi connectivity index (χ3n) is 4.23. The molecule has 0 radical (unpaired) electrons. The van der Waals surface area contributed by atoms with Crippen molar-refractivity contribution in [3.63, 3.8) is 0 Å². The Kier molecular flexibility index (Phi) is 2.64. The first-order valence-corrected chi connectivity index (χ1v) is 6.37. The lowest BCUT2D eigenvalue weighted by atomic mass is 9.88. The summed E-state index contributed by atoms with van der Waals surface area (Å²) in [7, 11) is 0. The molecule has 16 heavy (non-hydrogen) atoms. The molecule has 2 saturated carbocycles. The molecule has 1 aromatic heterocycles. The van der Waals surface area contributed by atoms with Crippen molar-refractivity contribution < 1.29 is 0 Å². The van der Waals surface area contributed by atoms with Crippen LogP contribution in [0.2, 0.25) is 0 Å². The zero-order chi connectivity index (χ0) is 11.0. The van der Waals surface area contributed by atoms with Crippen LogP contribution in [-0.2, 0) is 6.42 Å². The second kappa shape index (κ2) is 4.13. The Labute approximate surface area is 96.5 Å². The van der Waals surface area contributed by atoms with Crippen LogP contribution in [0.4, 0.5) is 0 Å². The molecule has 2 aliphatic carbocycles. The number of fused-ring (bicyclic) bond motifs is 2. The molecule has 0 amide bonds. The molecule has 3 heteroatoms. The van der Waals surface area contributed by atoms with E-state index in [1.165, 1.54) is 25.7 Å². The normalized spacial score (nSPS) is 32.2. The molecule has 1 heterocycles. The summed E-state index contributed by atoms with van der Waals surface area (Å²) in [6, 6.07) is 0. The highest BCUT2D eigenvalue weighted by atomic mass is 14.9. The van der Waals surface area contributed by atoms with Crippen LogP contribution in [-0.4, -0.2) is 16.5 Å². The quantitative estimate of drug-likeness (QED) is 0.841. The highest BCUT2D eigenvalue weighted by molar-refractivity contribution is 5.11. The van der Waals surface area contributed by atoms with E-state index < -0.39 is 0 Å². The molecule has 2 bridgehead atoms. The van der Waals surface area contributed by atoms with Gasteiger partial charge in [0.2, 0.25) is 0 Å². The van der Waals surface area contributed by atoms with Crippen molar-refractivity contribution >= 4 is 0 Å². The van der Waals surface area contributed by atoms with E-state index in [-0.39, 0.29) is 0 Å². The standard InChI is InChI=1S/C13H19N3/c14-4-3-10-7-15-13(16-8-10)12-6-9-1-2-11(12)5-9/h7-9,11-12H,1-6,14H2. The largest absolute Gasteiger partial charge is 0.330 e. The van der Waals surface area contributed by atoms with Crippen LogP contribution in [0.15, 0.2) is 12.4 Å². The molecule has 0 spiro atoms. The lowest BCUT2D eigenvalue weighted by Gasteiger charge is -2.19. The monoisotopic (exact) mass is 217 g/mol. The maximum Gasteiger partial charge on any atom is 0.131 e. The summed E-state index contributed by atoms with van der Waals surface area (Å²) in [5, 5.41) is 0. The Balaban J connectivity index is 1.75. The Hall–Kier alpha value is -0.960. The zero-order valence-electron chi connectivity index (χ0n) is 9.60. The smallest absolute Gasteiger partial charge is 0.131 e. The van der Waals surface area contributed by atoms with E-state index in [1.54, 1.807) is 0 Å². The van der Waals surface area contributed by atoms with E-state index in [0.717, 1.165) is 29.6 Å². The number of nitrogens with zero attached hydrogens (tertiary/aromatic N) is 2. The van der Waals surface area contributed by atoms with Crippen LogP contribution in [0.3, 0.4) is 0 Å². The fourth-order valence-corrected chi connectivity index (χ4v) is 3.41. The van der Waals surface area contributed by atoms with Gasteiger partial charge < -0.3 is 5.73 Å². The second-order valence-electron chi connectivity index (χ2n) is 5.27. The molecule has 86 valence electrons. The van der Waals surface area contributed by atoms with E-state index in [2.05, 4.69) is 9.97 Å². The maximum atomic E-state index is 5.51. The predicted octanol–water partition coefficient (Wildman–Crippen LogP) is 1.88. The average Bonchev–Trinajstić information content (AvgIpc) is 2.92. The molecule has 2 aliphatic rings. The molecule has 2 N–H and O–H groups in total. The van der Waals surface area contributed by atoms with Crippen molar-refractivity contribution in [2.45, 2.75) is 38.0 Å². The number of hydrogen-bond donors (Lipinski definition) is 1. The van der Waals surface area contributed by atoms with Gasteiger partial charge >= 0.3 is 0 Å². The van der Waals surface area contributed by atoms with Crippen molar-refractivity contribution in [2.75, 3.05) is 6.54 Å². The predicted molar refractivity (Wildman–Crippen MR) is 63.0 cm³/mol. The van der Waals surface area contributed by atoms with Crippen molar-refractivity contribution in [3.8, 4) is 0 Å². The van der Waals surface area contributed by atoms with E-state index in [0.29, 0.717) is 12.5 Å². The Morgan fingerprint density at radius 1 is 1.19 bits per heavy atom. The van der Waals surface area contributed by atoms with Gasteiger partial charge in [0.15, 0.2) is 0 Å². The fraction of sp³-hybridized carbons (Fsp3) is 0.692. The van der Waals surface area contributed by atoms with Crippen molar-refractivity contribution in [1.82, 2.24) is 9.97 Å². The molecule has 0 saturated heterocycles. The fourth-order valence-electron chi connectivity index (χ4n) is 3.41. The summed E-state index contributed by atoms with van der Waals surface area (Å²) in [6.07, 6.45) is 10.4. The topological polar surface area (TPSA) is 51.8 Å². The van der Waals surface area contributed by atoms with Gasteiger partial charge in [-0.3, -0.25) is 0 Å². The van der Waals surface area contributed by atoms with E-state index in [1.807, 2.05) is 12.4 Å². The average molecular weight is 217 g/mol. The summed E-state index contributed by atoms with van der Waals surface area (Å²) >= 11 is 0. The SMILES string of the molecule is NCCc1cnc(C2CC3CCC2C3)nc1. The van der Waals surface area contributed by atoms with Crippen LogP contribution in [0, 0.1) is 11.8 Å². The second-order valence-corrected chi connectivity index (χ2v) is 5.27. The summed E-state index contributed by atoms with van der Waals surface area (Å²) < 4.78 is 0. The Morgan fingerprint density at radius 3 is 2.56 bits per heavy atom. The molecular formula is C13H19N3. The molecule has 3 rings (SSSR count). The first kappa shape index (κ1) is 10.2. The summed E-state index contributed by atoms with van der Waals surface area (Å²) in [5.41, 5.74) is 6.68. The zero-order valence-corrected chi connectivity index (χ0v) is 9.60. The molecule has 1 aromatic rings. The molecule has 3 nitrogen and oxygen atoms in total. The molecular weight excluding hydrogens is 198 g/mol. The molecule has 3 atom stereocenters. The minimum Gasteiger partial charge on any atom is -0.330 e. The van der Waals surface area contributed by atoms with Gasteiger partial charge in [-0.05, 0) is 49.6 Å². The highest BCUT2D eigenvalue weighted by Crippen LogP contribution is 2.51. The van der Waals surface area contributed by atoms with E-state index in [9.17, 15) is 0 Å².